The summed E-state index contributed by atoms with van der Waals surface area (Å²) >= 11 is 0. The van der Waals surface area contributed by atoms with Gasteiger partial charge in [-0.1, -0.05) is 84.9 Å². The second kappa shape index (κ2) is 11.7. The molecule has 5 unspecified atom stereocenters. The van der Waals surface area contributed by atoms with Crippen LogP contribution in [0.25, 0.3) is 28.0 Å². The zero-order valence-electron chi connectivity index (χ0n) is 30.6. The van der Waals surface area contributed by atoms with E-state index in [9.17, 15) is 13.2 Å². The van der Waals surface area contributed by atoms with Gasteiger partial charge in [0.1, 0.15) is 11.5 Å². The molecule has 11 rings (SSSR count). The lowest BCUT2D eigenvalue weighted by Crippen LogP contribution is -2.36. The molecule has 5 atom stereocenters. The highest BCUT2D eigenvalue weighted by atomic mass is 19.4. The molecule has 2 aliphatic heterocycles. The van der Waals surface area contributed by atoms with Gasteiger partial charge in [-0.25, -0.2) is 0 Å². The van der Waals surface area contributed by atoms with Crippen LogP contribution in [-0.2, 0) is 12.1 Å². The minimum absolute atomic E-state index is 0.267. The quantitative estimate of drug-likeness (QED) is 0.170. The Labute approximate surface area is 318 Å². The van der Waals surface area contributed by atoms with Crippen molar-refractivity contribution in [2.24, 2.45) is 11.8 Å². The van der Waals surface area contributed by atoms with Gasteiger partial charge in [-0.05, 0) is 108 Å². The van der Waals surface area contributed by atoms with Crippen LogP contribution in [0.5, 0.6) is 11.5 Å². The first-order valence-electron chi connectivity index (χ1n) is 19.3. The van der Waals surface area contributed by atoms with Crippen molar-refractivity contribution >= 4 is 33.9 Å². The second-order valence-electron chi connectivity index (χ2n) is 16.1. The van der Waals surface area contributed by atoms with Crippen LogP contribution in [0.1, 0.15) is 64.5 Å². The highest BCUT2D eigenvalue weighted by Crippen LogP contribution is 2.70. The molecular formula is C48H39F3N2O2. The van der Waals surface area contributed by atoms with Gasteiger partial charge in [0.2, 0.25) is 0 Å². The Morgan fingerprint density at radius 2 is 1.45 bits per heavy atom. The number of hydrogen-bond acceptors (Lipinski definition) is 4. The lowest BCUT2D eigenvalue weighted by Gasteiger charge is -2.46. The molecule has 0 aromatic heterocycles. The van der Waals surface area contributed by atoms with Gasteiger partial charge >= 0.3 is 6.36 Å². The summed E-state index contributed by atoms with van der Waals surface area (Å²) in [6.45, 7) is 0.734. The number of benzene rings is 6. The minimum Gasteiger partial charge on any atom is -0.472 e. The standard InChI is InChI=1S/C48H39F3N2O2/c1-52(2)33-20-16-31(17-21-33)47(32-18-22-34(23-19-32)54-48(49,50)51)25-24-37-44-41-30-15-14-29(26-30)40(41)35-10-6-12-38-42(35)45(44)43-36(46(37)55-47)11-7-13-39(43)53(38)27-28-8-4-3-5-9-28/h3-13,16-25,29-30,40-41H,14-15,26-27H2,1-2H3. The van der Waals surface area contributed by atoms with E-state index in [1.54, 1.807) is 12.1 Å². The van der Waals surface area contributed by atoms with Crippen LogP contribution in [0.15, 0.2) is 121 Å². The van der Waals surface area contributed by atoms with Crippen LogP contribution in [-0.4, -0.2) is 20.5 Å². The van der Waals surface area contributed by atoms with Gasteiger partial charge in [-0.2, -0.15) is 0 Å². The predicted octanol–water partition coefficient (Wildman–Crippen LogP) is 12.1. The van der Waals surface area contributed by atoms with E-state index in [1.165, 1.54) is 76.0 Å². The summed E-state index contributed by atoms with van der Waals surface area (Å²) in [6, 6.07) is 38.7. The number of rotatable bonds is 6. The Balaban J connectivity index is 1.18. The van der Waals surface area contributed by atoms with E-state index in [1.807, 2.05) is 19.0 Å². The van der Waals surface area contributed by atoms with Gasteiger partial charge in [-0.3, -0.25) is 0 Å². The molecule has 2 bridgehead atoms. The molecule has 55 heavy (non-hydrogen) atoms. The molecule has 274 valence electrons. The topological polar surface area (TPSA) is 24.9 Å². The smallest absolute Gasteiger partial charge is 0.472 e. The molecule has 0 amide bonds. The molecule has 3 aliphatic carbocycles. The fourth-order valence-electron chi connectivity index (χ4n) is 11.0. The third-order valence-corrected chi connectivity index (χ3v) is 13.1. The number of fused-ring (bicyclic) bond motifs is 10. The molecule has 2 fully saturated rings. The Bertz CT molecular complexity index is 2550. The average molecular weight is 733 g/mol. The second-order valence-corrected chi connectivity index (χ2v) is 16.1. The monoisotopic (exact) mass is 732 g/mol. The predicted molar refractivity (Wildman–Crippen MR) is 212 cm³/mol. The van der Waals surface area contributed by atoms with Crippen molar-refractivity contribution in [3.05, 3.63) is 155 Å². The van der Waals surface area contributed by atoms with Crippen LogP contribution >= 0.6 is 0 Å². The van der Waals surface area contributed by atoms with Crippen LogP contribution in [0.4, 0.5) is 30.2 Å². The first-order valence-corrected chi connectivity index (χ1v) is 19.3. The highest BCUT2D eigenvalue weighted by molar-refractivity contribution is 6.17. The van der Waals surface area contributed by atoms with Gasteiger partial charge in [0.25, 0.3) is 0 Å². The van der Waals surface area contributed by atoms with Crippen molar-refractivity contribution in [2.45, 2.75) is 49.6 Å². The van der Waals surface area contributed by atoms with Crippen LogP contribution in [0.2, 0.25) is 0 Å². The van der Waals surface area contributed by atoms with E-state index in [2.05, 4.69) is 113 Å². The van der Waals surface area contributed by atoms with Gasteiger partial charge in [0.05, 0.1) is 5.69 Å². The van der Waals surface area contributed by atoms with E-state index in [-0.39, 0.29) is 5.75 Å². The summed E-state index contributed by atoms with van der Waals surface area (Å²) in [5.41, 5.74) is 12.0. The summed E-state index contributed by atoms with van der Waals surface area (Å²) in [4.78, 5) is 4.55. The molecule has 2 saturated carbocycles. The van der Waals surface area contributed by atoms with Crippen molar-refractivity contribution < 1.29 is 22.6 Å². The van der Waals surface area contributed by atoms with Crippen LogP contribution < -0.4 is 19.3 Å². The Kier molecular flexibility index (Phi) is 6.93. The fraction of sp³-hybridized carbons (Fsp3) is 0.250. The van der Waals surface area contributed by atoms with Crippen molar-refractivity contribution in [2.75, 3.05) is 23.9 Å². The summed E-state index contributed by atoms with van der Waals surface area (Å²) in [7, 11) is 4.00. The van der Waals surface area contributed by atoms with Crippen LogP contribution in [0.3, 0.4) is 0 Å². The summed E-state index contributed by atoms with van der Waals surface area (Å²) in [5, 5.41) is 2.26. The molecule has 0 N–H and O–H groups in total. The molecule has 4 nitrogen and oxygen atoms in total. The largest absolute Gasteiger partial charge is 0.573 e. The number of ether oxygens (including phenoxy) is 2. The molecule has 0 spiro atoms. The third kappa shape index (κ3) is 4.77. The zero-order valence-corrected chi connectivity index (χ0v) is 30.6. The molecule has 0 saturated heterocycles. The van der Waals surface area contributed by atoms with Crippen molar-refractivity contribution in [3.8, 4) is 22.6 Å². The van der Waals surface area contributed by atoms with Crippen LogP contribution in [0, 0.1) is 11.8 Å². The number of hydrogen-bond donors (Lipinski definition) is 0. The van der Waals surface area contributed by atoms with E-state index < -0.39 is 12.0 Å². The molecule has 0 radical (unpaired) electrons. The molecule has 7 heteroatoms. The van der Waals surface area contributed by atoms with E-state index >= 15 is 0 Å². The molecule has 6 aromatic carbocycles. The van der Waals surface area contributed by atoms with Gasteiger partial charge < -0.3 is 19.3 Å². The zero-order chi connectivity index (χ0) is 37.2. The first kappa shape index (κ1) is 32.7. The number of alkyl halides is 3. The summed E-state index contributed by atoms with van der Waals surface area (Å²) < 4.78 is 51.6. The fourth-order valence-corrected chi connectivity index (χ4v) is 11.0. The minimum atomic E-state index is -4.79. The number of halogens is 3. The normalized spacial score (nSPS) is 23.7. The third-order valence-electron chi connectivity index (χ3n) is 13.1. The number of nitrogens with zero attached hydrogens (tertiary/aromatic N) is 2. The van der Waals surface area contributed by atoms with Crippen molar-refractivity contribution in [1.29, 1.82) is 0 Å². The summed E-state index contributed by atoms with van der Waals surface area (Å²) in [5.74, 6) is 2.67. The lowest BCUT2D eigenvalue weighted by atomic mass is 9.62. The maximum Gasteiger partial charge on any atom is 0.573 e. The maximum atomic E-state index is 13.3. The Hall–Kier alpha value is -5.69. The van der Waals surface area contributed by atoms with Gasteiger partial charge in [0.15, 0.2) is 5.60 Å². The van der Waals surface area contributed by atoms with Crippen molar-refractivity contribution in [3.63, 3.8) is 0 Å². The summed E-state index contributed by atoms with van der Waals surface area (Å²) in [6.07, 6.45) is 3.38. The molecular weight excluding hydrogens is 694 g/mol. The molecule has 5 aliphatic rings. The van der Waals surface area contributed by atoms with E-state index in [0.717, 1.165) is 34.5 Å². The Morgan fingerprint density at radius 3 is 2.18 bits per heavy atom. The first-order chi connectivity index (χ1) is 26.7. The van der Waals surface area contributed by atoms with E-state index in [0.29, 0.717) is 29.2 Å². The molecule has 2 heterocycles. The lowest BCUT2D eigenvalue weighted by molar-refractivity contribution is -0.274. The number of anilines is 3. The van der Waals surface area contributed by atoms with Crippen molar-refractivity contribution in [1.82, 2.24) is 0 Å². The maximum absolute atomic E-state index is 13.3. The van der Waals surface area contributed by atoms with E-state index in [4.69, 9.17) is 4.74 Å². The Morgan fingerprint density at radius 1 is 0.764 bits per heavy atom. The SMILES string of the molecule is CN(C)c1ccc(C2(c3ccc(OC(F)(F)F)cc3)C=Cc3c4c5c6c(cccc6c3O2)N(Cc2ccccc2)c2cccc(c2-5)C2C3CCC(C3)C42)cc1. The highest BCUT2D eigenvalue weighted by Gasteiger charge is 2.55. The van der Waals surface area contributed by atoms with Gasteiger partial charge in [0, 0.05) is 65.0 Å². The average Bonchev–Trinajstić information content (AvgIpc) is 3.82. The van der Waals surface area contributed by atoms with Gasteiger partial charge in [-0.15, -0.1) is 13.2 Å². The molecule has 6 aromatic rings.